The van der Waals surface area contributed by atoms with E-state index in [-0.39, 0.29) is 12.1 Å². The molecule has 0 bridgehead atoms. The summed E-state index contributed by atoms with van der Waals surface area (Å²) < 4.78 is 5.41. The molecule has 21 heavy (non-hydrogen) atoms. The quantitative estimate of drug-likeness (QED) is 0.815. The topological polar surface area (TPSA) is 67.3 Å². The Labute approximate surface area is 126 Å². The normalized spacial score (nSPS) is 11.5. The molecule has 118 valence electrons. The van der Waals surface area contributed by atoms with Gasteiger partial charge in [-0.3, -0.25) is 9.97 Å². The Hall–Kier alpha value is -1.69. The highest BCUT2D eigenvalue weighted by molar-refractivity contribution is 5.68. The molecule has 0 aliphatic rings. The summed E-state index contributed by atoms with van der Waals surface area (Å²) >= 11 is 0. The van der Waals surface area contributed by atoms with Crippen LogP contribution in [-0.4, -0.2) is 45.7 Å². The van der Waals surface area contributed by atoms with Crippen LogP contribution in [-0.2, 0) is 11.3 Å². The fraction of sp³-hybridized carbons (Fsp3) is 0.667. The van der Waals surface area contributed by atoms with Crippen molar-refractivity contribution in [3.8, 4) is 0 Å². The lowest BCUT2D eigenvalue weighted by atomic mass is 10.2. The van der Waals surface area contributed by atoms with Crippen LogP contribution in [0.4, 0.5) is 4.79 Å². The first-order valence-electron chi connectivity index (χ1n) is 7.25. The van der Waals surface area contributed by atoms with Gasteiger partial charge in [0.05, 0.1) is 5.69 Å². The maximum atomic E-state index is 12.1. The van der Waals surface area contributed by atoms with Gasteiger partial charge in [-0.1, -0.05) is 0 Å². The minimum absolute atomic E-state index is 0.0955. The second-order valence-corrected chi connectivity index (χ2v) is 6.14. The van der Waals surface area contributed by atoms with E-state index in [2.05, 4.69) is 15.3 Å². The summed E-state index contributed by atoms with van der Waals surface area (Å²) in [5, 5.41) is 3.25. The number of rotatable bonds is 6. The van der Waals surface area contributed by atoms with Crippen molar-refractivity contribution < 1.29 is 9.53 Å². The van der Waals surface area contributed by atoms with E-state index in [4.69, 9.17) is 4.74 Å². The summed E-state index contributed by atoms with van der Waals surface area (Å²) in [6.45, 7) is 11.5. The largest absolute Gasteiger partial charge is 0.444 e. The number of ether oxygens (including phenoxy) is 1. The van der Waals surface area contributed by atoms with E-state index >= 15 is 0 Å². The Bertz CT molecular complexity index is 429. The van der Waals surface area contributed by atoms with Crippen LogP contribution in [0.25, 0.3) is 0 Å². The summed E-state index contributed by atoms with van der Waals surface area (Å²) in [6, 6.07) is 0.0955. The molecule has 0 radical (unpaired) electrons. The van der Waals surface area contributed by atoms with Gasteiger partial charge in [0, 0.05) is 44.3 Å². The van der Waals surface area contributed by atoms with Crippen molar-refractivity contribution in [2.75, 3.05) is 13.1 Å². The summed E-state index contributed by atoms with van der Waals surface area (Å²) in [6.07, 6.45) is 4.75. The highest BCUT2D eigenvalue weighted by Gasteiger charge is 2.23. The number of amides is 1. The lowest BCUT2D eigenvalue weighted by molar-refractivity contribution is 0.0193. The van der Waals surface area contributed by atoms with Crippen LogP contribution >= 0.6 is 0 Å². The molecule has 0 aromatic carbocycles. The van der Waals surface area contributed by atoms with Crippen molar-refractivity contribution in [2.24, 2.45) is 0 Å². The third-order valence-corrected chi connectivity index (χ3v) is 2.70. The molecular formula is C15H26N4O2. The Morgan fingerprint density at radius 1 is 1.38 bits per heavy atom. The standard InChI is InChI=1S/C15H26N4O2/c1-12(2)19(14(20)21-15(3,4)5)9-8-17-11-13-10-16-6-7-18-13/h6-7,10,12,17H,8-9,11H2,1-5H3. The van der Waals surface area contributed by atoms with Crippen LogP contribution in [0.1, 0.15) is 40.3 Å². The van der Waals surface area contributed by atoms with E-state index in [1.165, 1.54) is 0 Å². The lowest BCUT2D eigenvalue weighted by Crippen LogP contribution is -2.44. The Morgan fingerprint density at radius 3 is 2.62 bits per heavy atom. The predicted molar refractivity (Wildman–Crippen MR) is 81.8 cm³/mol. The van der Waals surface area contributed by atoms with Gasteiger partial charge < -0.3 is 15.0 Å². The van der Waals surface area contributed by atoms with Crippen LogP contribution in [0.15, 0.2) is 18.6 Å². The van der Waals surface area contributed by atoms with E-state index in [1.54, 1.807) is 23.5 Å². The molecule has 0 unspecified atom stereocenters. The Balaban J connectivity index is 2.39. The number of carbonyl (C=O) groups is 1. The van der Waals surface area contributed by atoms with Gasteiger partial charge in [0.25, 0.3) is 0 Å². The molecule has 1 rings (SSSR count). The molecular weight excluding hydrogens is 268 g/mol. The van der Waals surface area contributed by atoms with Crippen molar-refractivity contribution in [2.45, 2.75) is 52.8 Å². The molecule has 0 saturated carbocycles. The molecule has 6 heteroatoms. The van der Waals surface area contributed by atoms with E-state index in [0.29, 0.717) is 19.6 Å². The fourth-order valence-corrected chi connectivity index (χ4v) is 1.72. The molecule has 1 aromatic rings. The summed E-state index contributed by atoms with van der Waals surface area (Å²) in [7, 11) is 0. The summed E-state index contributed by atoms with van der Waals surface area (Å²) in [5.74, 6) is 0. The minimum atomic E-state index is -0.475. The van der Waals surface area contributed by atoms with Crippen molar-refractivity contribution in [1.82, 2.24) is 20.2 Å². The second kappa shape index (κ2) is 7.93. The van der Waals surface area contributed by atoms with Crippen molar-refractivity contribution in [1.29, 1.82) is 0 Å². The van der Waals surface area contributed by atoms with Gasteiger partial charge >= 0.3 is 6.09 Å². The average molecular weight is 294 g/mol. The first-order chi connectivity index (χ1) is 9.79. The van der Waals surface area contributed by atoms with Crippen LogP contribution < -0.4 is 5.32 Å². The maximum Gasteiger partial charge on any atom is 0.410 e. The van der Waals surface area contributed by atoms with E-state index in [1.807, 2.05) is 34.6 Å². The van der Waals surface area contributed by atoms with E-state index in [9.17, 15) is 4.79 Å². The fourth-order valence-electron chi connectivity index (χ4n) is 1.72. The molecule has 6 nitrogen and oxygen atoms in total. The van der Waals surface area contributed by atoms with Crippen LogP contribution in [0.2, 0.25) is 0 Å². The van der Waals surface area contributed by atoms with Gasteiger partial charge in [-0.05, 0) is 34.6 Å². The lowest BCUT2D eigenvalue weighted by Gasteiger charge is -2.30. The van der Waals surface area contributed by atoms with Gasteiger partial charge in [-0.15, -0.1) is 0 Å². The predicted octanol–water partition coefficient (Wildman–Crippen LogP) is 2.21. The highest BCUT2D eigenvalue weighted by Crippen LogP contribution is 2.11. The van der Waals surface area contributed by atoms with Gasteiger partial charge in [-0.2, -0.15) is 0 Å². The third kappa shape index (κ3) is 7.04. The zero-order chi connectivity index (χ0) is 15.9. The molecule has 0 fully saturated rings. The number of nitrogens with one attached hydrogen (secondary N) is 1. The SMILES string of the molecule is CC(C)N(CCNCc1cnccn1)C(=O)OC(C)(C)C. The summed E-state index contributed by atoms with van der Waals surface area (Å²) in [5.41, 5.74) is 0.406. The molecule has 0 spiro atoms. The number of nitrogens with zero attached hydrogens (tertiary/aromatic N) is 3. The molecule has 0 saturated heterocycles. The van der Waals surface area contributed by atoms with Crippen LogP contribution in [0, 0.1) is 0 Å². The molecule has 0 aliphatic carbocycles. The van der Waals surface area contributed by atoms with Gasteiger partial charge in [-0.25, -0.2) is 4.79 Å². The first-order valence-corrected chi connectivity index (χ1v) is 7.25. The number of carbonyl (C=O) groups excluding carboxylic acids is 1. The number of hydrogen-bond donors (Lipinski definition) is 1. The van der Waals surface area contributed by atoms with Gasteiger partial charge in [0.15, 0.2) is 0 Å². The molecule has 0 aliphatic heterocycles. The van der Waals surface area contributed by atoms with E-state index in [0.717, 1.165) is 5.69 Å². The monoisotopic (exact) mass is 294 g/mol. The first kappa shape index (κ1) is 17.4. The van der Waals surface area contributed by atoms with Gasteiger partial charge in [0.2, 0.25) is 0 Å². The van der Waals surface area contributed by atoms with E-state index < -0.39 is 5.60 Å². The molecule has 1 N–H and O–H groups in total. The maximum absolute atomic E-state index is 12.1. The highest BCUT2D eigenvalue weighted by atomic mass is 16.6. The number of aromatic nitrogens is 2. The molecule has 0 atom stereocenters. The smallest absolute Gasteiger partial charge is 0.410 e. The van der Waals surface area contributed by atoms with Crippen molar-refractivity contribution in [3.63, 3.8) is 0 Å². The van der Waals surface area contributed by atoms with Gasteiger partial charge in [0.1, 0.15) is 5.60 Å². The zero-order valence-corrected chi connectivity index (χ0v) is 13.6. The zero-order valence-electron chi connectivity index (χ0n) is 13.6. The Morgan fingerprint density at radius 2 is 2.10 bits per heavy atom. The minimum Gasteiger partial charge on any atom is -0.444 e. The van der Waals surface area contributed by atoms with Crippen LogP contribution in [0.5, 0.6) is 0 Å². The molecule has 1 aromatic heterocycles. The molecule has 1 heterocycles. The van der Waals surface area contributed by atoms with Crippen molar-refractivity contribution >= 4 is 6.09 Å². The second-order valence-electron chi connectivity index (χ2n) is 6.14. The third-order valence-electron chi connectivity index (χ3n) is 2.70. The number of hydrogen-bond acceptors (Lipinski definition) is 5. The van der Waals surface area contributed by atoms with Crippen LogP contribution in [0.3, 0.4) is 0 Å². The van der Waals surface area contributed by atoms with Crippen molar-refractivity contribution in [3.05, 3.63) is 24.3 Å². The average Bonchev–Trinajstić information content (AvgIpc) is 2.37. The molecule has 1 amide bonds. The Kier molecular flexibility index (Phi) is 6.55. The summed E-state index contributed by atoms with van der Waals surface area (Å²) in [4.78, 5) is 22.0.